The van der Waals surface area contributed by atoms with Crippen LogP contribution in [-0.4, -0.2) is 74.1 Å². The van der Waals surface area contributed by atoms with Gasteiger partial charge in [-0.3, -0.25) is 9.59 Å². The van der Waals surface area contributed by atoms with Crippen molar-refractivity contribution >= 4 is 35.5 Å². The Morgan fingerprint density at radius 1 is 1.09 bits per heavy atom. The lowest BCUT2D eigenvalue weighted by molar-refractivity contribution is -0.146. The first-order valence-corrected chi connectivity index (χ1v) is 10.9. The highest BCUT2D eigenvalue weighted by molar-refractivity contribution is 6.31. The smallest absolute Gasteiger partial charge is 0.336 e. The summed E-state index contributed by atoms with van der Waals surface area (Å²) in [7, 11) is 2.44. The maximum absolute atomic E-state index is 12.9. The van der Waals surface area contributed by atoms with Crippen molar-refractivity contribution in [3.63, 3.8) is 0 Å². The number of carboxylic acids is 2. The van der Waals surface area contributed by atoms with E-state index in [1.807, 2.05) is 0 Å². The van der Waals surface area contributed by atoms with Crippen molar-refractivity contribution in [3.8, 4) is 0 Å². The van der Waals surface area contributed by atoms with Crippen LogP contribution >= 0.6 is 11.6 Å². The molecule has 2 atom stereocenters. The molecule has 0 bridgehead atoms. The first-order valence-electron chi connectivity index (χ1n) is 10.5. The lowest BCUT2D eigenvalue weighted by Crippen LogP contribution is -2.40. The number of nitrogens with one attached hydrogen (secondary N) is 2. The number of halogens is 1. The zero-order valence-corrected chi connectivity index (χ0v) is 20.2. The summed E-state index contributed by atoms with van der Waals surface area (Å²) in [6.45, 7) is 1.58. The van der Waals surface area contributed by atoms with E-state index in [-0.39, 0.29) is 30.9 Å². The van der Waals surface area contributed by atoms with Crippen LogP contribution in [0.4, 0.5) is 0 Å². The Morgan fingerprint density at radius 3 is 2.29 bits per heavy atom. The van der Waals surface area contributed by atoms with Crippen LogP contribution in [0.15, 0.2) is 46.8 Å². The van der Waals surface area contributed by atoms with Gasteiger partial charge in [0.1, 0.15) is 6.04 Å². The molecule has 0 fully saturated rings. The number of carbonyl (C=O) groups is 4. The molecule has 4 N–H and O–H groups in total. The van der Waals surface area contributed by atoms with Crippen LogP contribution in [0.25, 0.3) is 0 Å². The van der Waals surface area contributed by atoms with Gasteiger partial charge in [0.2, 0.25) is 0 Å². The maximum atomic E-state index is 12.9. The largest absolute Gasteiger partial charge is 0.481 e. The number of esters is 2. The zero-order valence-electron chi connectivity index (χ0n) is 19.4. The minimum Gasteiger partial charge on any atom is -0.481 e. The third-order valence-electron chi connectivity index (χ3n) is 5.23. The molecule has 1 aromatic rings. The molecule has 35 heavy (non-hydrogen) atoms. The molecule has 0 saturated carbocycles. The van der Waals surface area contributed by atoms with Crippen molar-refractivity contribution < 1.29 is 43.6 Å². The van der Waals surface area contributed by atoms with Gasteiger partial charge < -0.3 is 35.1 Å². The molecule has 0 radical (unpaired) electrons. The summed E-state index contributed by atoms with van der Waals surface area (Å²) in [6, 6.07) is 5.49. The van der Waals surface area contributed by atoms with Crippen LogP contribution in [0.5, 0.6) is 0 Å². The number of carbonyl (C=O) groups excluding carboxylic acids is 2. The Hall–Kier alpha value is -3.41. The molecule has 0 spiro atoms. The van der Waals surface area contributed by atoms with Crippen molar-refractivity contribution in [1.29, 1.82) is 0 Å². The topological polar surface area (TPSA) is 160 Å². The van der Waals surface area contributed by atoms with E-state index in [1.54, 1.807) is 31.2 Å². The fourth-order valence-corrected chi connectivity index (χ4v) is 3.91. The van der Waals surface area contributed by atoms with E-state index in [4.69, 9.17) is 36.0 Å². The highest BCUT2D eigenvalue weighted by atomic mass is 35.5. The Balaban J connectivity index is 2.32. The van der Waals surface area contributed by atoms with E-state index in [0.29, 0.717) is 22.0 Å². The average molecular weight is 511 g/mol. The molecule has 1 aliphatic rings. The third kappa shape index (κ3) is 7.04. The van der Waals surface area contributed by atoms with E-state index >= 15 is 0 Å². The third-order valence-corrected chi connectivity index (χ3v) is 5.58. The first-order chi connectivity index (χ1) is 16.6. The van der Waals surface area contributed by atoms with Crippen LogP contribution in [0.2, 0.25) is 5.02 Å². The van der Waals surface area contributed by atoms with Crippen molar-refractivity contribution in [3.05, 3.63) is 57.4 Å². The zero-order chi connectivity index (χ0) is 26.1. The van der Waals surface area contributed by atoms with Crippen LogP contribution in [-0.2, 0) is 33.4 Å². The monoisotopic (exact) mass is 510 g/mol. The summed E-state index contributed by atoms with van der Waals surface area (Å²) in [5.41, 5.74) is 1.54. The van der Waals surface area contributed by atoms with Crippen LogP contribution in [0, 0.1) is 0 Å². The predicted octanol–water partition coefficient (Wildman–Crippen LogP) is 1.44. The first kappa shape index (κ1) is 27.8. The Labute approximate surface area is 206 Å². The van der Waals surface area contributed by atoms with E-state index in [1.165, 1.54) is 14.2 Å². The lowest BCUT2D eigenvalue weighted by atomic mass is 9.80. The number of hydrogen-bond acceptors (Lipinski definition) is 9. The molecule has 11 nitrogen and oxygen atoms in total. The normalized spacial score (nSPS) is 16.4. The standard InChI is InChI=1S/C23H27ClN2O9/c1-12-18(22(31)33-2)19(13-6-4-5-7-14(13)24)20(23(32)34-3)16(26-12)11-35-9-8-25-15(21(29)30)10-17(27)28/h4-7,15,19,25-26H,8-11H2,1-3H3,(H,27,28)(H,29,30)/t15-,19?/m0/s1. The average Bonchev–Trinajstić information content (AvgIpc) is 2.81. The van der Waals surface area contributed by atoms with Crippen molar-refractivity contribution in [2.24, 2.45) is 0 Å². The molecule has 1 aliphatic heterocycles. The molecule has 1 unspecified atom stereocenters. The maximum Gasteiger partial charge on any atom is 0.336 e. The summed E-state index contributed by atoms with van der Waals surface area (Å²) in [4.78, 5) is 47.5. The number of ether oxygens (including phenoxy) is 3. The van der Waals surface area contributed by atoms with Crippen molar-refractivity contribution in [2.75, 3.05) is 34.0 Å². The molecule has 2 rings (SSSR count). The molecule has 1 aromatic carbocycles. The van der Waals surface area contributed by atoms with Gasteiger partial charge in [-0.2, -0.15) is 0 Å². The van der Waals surface area contributed by atoms with E-state index in [9.17, 15) is 19.2 Å². The van der Waals surface area contributed by atoms with Gasteiger partial charge in [-0.25, -0.2) is 9.59 Å². The second kappa shape index (κ2) is 12.9. The number of dihydropyridines is 1. The summed E-state index contributed by atoms with van der Waals surface area (Å²) in [6.07, 6.45) is -0.589. The number of benzene rings is 1. The number of allylic oxidation sites excluding steroid dienone is 1. The number of aliphatic carboxylic acids is 2. The minimum atomic E-state index is -1.30. The van der Waals surface area contributed by atoms with Gasteiger partial charge in [0, 0.05) is 17.3 Å². The van der Waals surface area contributed by atoms with Crippen molar-refractivity contribution in [2.45, 2.75) is 25.3 Å². The van der Waals surface area contributed by atoms with Gasteiger partial charge >= 0.3 is 23.9 Å². The van der Waals surface area contributed by atoms with Crippen LogP contribution in [0.3, 0.4) is 0 Å². The van der Waals surface area contributed by atoms with Crippen LogP contribution in [0.1, 0.15) is 24.8 Å². The summed E-state index contributed by atoms with van der Waals surface area (Å²) in [5, 5.41) is 23.8. The molecular formula is C23H27ClN2O9. The molecule has 12 heteroatoms. The van der Waals surface area contributed by atoms with Gasteiger partial charge in [0.25, 0.3) is 0 Å². The van der Waals surface area contributed by atoms with E-state index in [2.05, 4.69) is 10.6 Å². The molecule has 0 aliphatic carbocycles. The second-order valence-electron chi connectivity index (χ2n) is 7.49. The molecular weight excluding hydrogens is 484 g/mol. The summed E-state index contributed by atoms with van der Waals surface area (Å²) in [5.74, 6) is -4.80. The lowest BCUT2D eigenvalue weighted by Gasteiger charge is -2.31. The summed E-state index contributed by atoms with van der Waals surface area (Å²) < 4.78 is 15.5. The SMILES string of the molecule is COC(=O)C1=C(C)NC(COCCN[C@@H](CC(=O)O)C(=O)O)=C(C(=O)OC)C1c1ccccc1Cl. The van der Waals surface area contributed by atoms with Crippen LogP contribution < -0.4 is 10.6 Å². The molecule has 0 aromatic heterocycles. The fraction of sp³-hybridized carbons (Fsp3) is 0.391. The Morgan fingerprint density at radius 2 is 1.71 bits per heavy atom. The van der Waals surface area contributed by atoms with E-state index < -0.39 is 42.3 Å². The van der Waals surface area contributed by atoms with Gasteiger partial charge in [-0.15, -0.1) is 0 Å². The number of carboxylic acid groups (broad SMARTS) is 2. The van der Waals surface area contributed by atoms with Gasteiger partial charge in [-0.1, -0.05) is 29.8 Å². The van der Waals surface area contributed by atoms with E-state index in [0.717, 1.165) is 0 Å². The highest BCUT2D eigenvalue weighted by Crippen LogP contribution is 2.41. The van der Waals surface area contributed by atoms with Gasteiger partial charge in [-0.05, 0) is 18.6 Å². The quantitative estimate of drug-likeness (QED) is 0.238. The molecule has 1 heterocycles. The molecule has 190 valence electrons. The molecule has 0 amide bonds. The van der Waals surface area contributed by atoms with Crippen molar-refractivity contribution in [1.82, 2.24) is 10.6 Å². The molecule has 0 saturated heterocycles. The Bertz CT molecular complexity index is 1050. The predicted molar refractivity (Wildman–Crippen MR) is 124 cm³/mol. The second-order valence-corrected chi connectivity index (χ2v) is 7.90. The summed E-state index contributed by atoms with van der Waals surface area (Å²) >= 11 is 6.42. The Kier molecular flexibility index (Phi) is 10.2. The number of methoxy groups -OCH3 is 2. The van der Waals surface area contributed by atoms with Gasteiger partial charge in [0.15, 0.2) is 0 Å². The minimum absolute atomic E-state index is 0.00636. The fourth-order valence-electron chi connectivity index (χ4n) is 3.66. The highest BCUT2D eigenvalue weighted by Gasteiger charge is 2.39. The number of hydrogen-bond donors (Lipinski definition) is 4. The van der Waals surface area contributed by atoms with Gasteiger partial charge in [0.05, 0.1) is 56.6 Å². The number of rotatable bonds is 12.